The summed E-state index contributed by atoms with van der Waals surface area (Å²) in [5, 5.41) is 9.06. The van der Waals surface area contributed by atoms with Crippen molar-refractivity contribution in [1.82, 2.24) is 0 Å². The fourth-order valence-electron chi connectivity index (χ4n) is 2.01. The summed E-state index contributed by atoms with van der Waals surface area (Å²) < 4.78 is 5.59. The Balaban J connectivity index is 1.75. The molecular formula is C16H18O3S. The second-order valence-electron chi connectivity index (χ2n) is 4.65. The van der Waals surface area contributed by atoms with Gasteiger partial charge >= 0.3 is 5.97 Å². The first-order chi connectivity index (χ1) is 9.66. The highest BCUT2D eigenvalue weighted by atomic mass is 32.1. The van der Waals surface area contributed by atoms with Crippen LogP contribution in [0.25, 0.3) is 0 Å². The smallest absolute Gasteiger partial charge is 0.349 e. The topological polar surface area (TPSA) is 46.5 Å². The van der Waals surface area contributed by atoms with E-state index in [9.17, 15) is 4.79 Å². The number of unbranched alkanes of at least 4 members (excludes halogenated alkanes) is 1. The van der Waals surface area contributed by atoms with Crippen molar-refractivity contribution in [3.63, 3.8) is 0 Å². The van der Waals surface area contributed by atoms with Crippen LogP contribution in [0.15, 0.2) is 36.4 Å². The summed E-state index contributed by atoms with van der Waals surface area (Å²) in [6.07, 6.45) is 2.98. The number of carbonyl (C=O) groups is 1. The van der Waals surface area contributed by atoms with Crippen molar-refractivity contribution in [3.05, 3.63) is 51.7 Å². The standard InChI is InChI=1S/C16H18O3S/c1-12-11-14(15(20-12)16(17)18)19-10-6-5-9-13-7-3-2-4-8-13/h2-4,7-8,11H,5-6,9-10H2,1H3,(H,17,18). The highest BCUT2D eigenvalue weighted by Crippen LogP contribution is 2.29. The highest BCUT2D eigenvalue weighted by molar-refractivity contribution is 7.14. The van der Waals surface area contributed by atoms with Crippen molar-refractivity contribution < 1.29 is 14.6 Å². The number of ether oxygens (including phenoxy) is 1. The zero-order chi connectivity index (χ0) is 14.4. The molecule has 0 fully saturated rings. The SMILES string of the molecule is Cc1cc(OCCCCc2ccccc2)c(C(=O)O)s1. The lowest BCUT2D eigenvalue weighted by Crippen LogP contribution is -2.02. The maximum absolute atomic E-state index is 11.0. The summed E-state index contributed by atoms with van der Waals surface area (Å²) in [4.78, 5) is 12.3. The minimum Gasteiger partial charge on any atom is -0.492 e. The molecule has 0 bridgehead atoms. The van der Waals surface area contributed by atoms with Crippen molar-refractivity contribution in [2.75, 3.05) is 6.61 Å². The van der Waals surface area contributed by atoms with Gasteiger partial charge in [0.1, 0.15) is 5.75 Å². The van der Waals surface area contributed by atoms with E-state index < -0.39 is 5.97 Å². The van der Waals surface area contributed by atoms with Crippen molar-refractivity contribution in [2.45, 2.75) is 26.2 Å². The molecule has 0 unspecified atom stereocenters. The van der Waals surface area contributed by atoms with Gasteiger partial charge in [0, 0.05) is 4.88 Å². The summed E-state index contributed by atoms with van der Waals surface area (Å²) in [7, 11) is 0. The highest BCUT2D eigenvalue weighted by Gasteiger charge is 2.14. The maximum atomic E-state index is 11.0. The Kier molecular flexibility index (Phi) is 5.18. The van der Waals surface area contributed by atoms with E-state index in [1.165, 1.54) is 16.9 Å². The van der Waals surface area contributed by atoms with Crippen LogP contribution in [0.5, 0.6) is 5.75 Å². The molecule has 1 heterocycles. The van der Waals surface area contributed by atoms with Gasteiger partial charge in [0.2, 0.25) is 0 Å². The lowest BCUT2D eigenvalue weighted by Gasteiger charge is -2.05. The molecule has 1 N–H and O–H groups in total. The second-order valence-corrected chi connectivity index (χ2v) is 5.90. The van der Waals surface area contributed by atoms with Crippen LogP contribution < -0.4 is 4.74 Å². The number of benzene rings is 1. The molecule has 0 aliphatic carbocycles. The van der Waals surface area contributed by atoms with E-state index in [1.807, 2.05) is 25.1 Å². The van der Waals surface area contributed by atoms with Crippen LogP contribution in [0.3, 0.4) is 0 Å². The number of carboxylic acids is 1. The molecule has 0 saturated carbocycles. The molecule has 0 aliphatic rings. The maximum Gasteiger partial charge on any atom is 0.349 e. The number of carboxylic acid groups (broad SMARTS) is 1. The fourth-order valence-corrected chi connectivity index (χ4v) is 2.80. The summed E-state index contributed by atoms with van der Waals surface area (Å²) in [5.74, 6) is -0.415. The van der Waals surface area contributed by atoms with Gasteiger partial charge in [-0.05, 0) is 37.8 Å². The first kappa shape index (κ1) is 14.6. The van der Waals surface area contributed by atoms with Gasteiger partial charge in [-0.2, -0.15) is 0 Å². The van der Waals surface area contributed by atoms with Crippen LogP contribution in [0, 0.1) is 6.92 Å². The van der Waals surface area contributed by atoms with Crippen LogP contribution in [0.2, 0.25) is 0 Å². The van der Waals surface area contributed by atoms with Crippen molar-refractivity contribution >= 4 is 17.3 Å². The van der Waals surface area contributed by atoms with Crippen molar-refractivity contribution in [3.8, 4) is 5.75 Å². The van der Waals surface area contributed by atoms with Gasteiger partial charge in [-0.25, -0.2) is 4.79 Å². The predicted octanol–water partition coefficient (Wildman–Crippen LogP) is 4.16. The third-order valence-corrected chi connectivity index (χ3v) is 4.00. The van der Waals surface area contributed by atoms with E-state index in [0.29, 0.717) is 17.2 Å². The Labute approximate surface area is 122 Å². The second kappa shape index (κ2) is 7.10. The molecule has 0 atom stereocenters. The lowest BCUT2D eigenvalue weighted by atomic mass is 10.1. The largest absolute Gasteiger partial charge is 0.492 e. The third-order valence-electron chi connectivity index (χ3n) is 2.98. The normalized spacial score (nSPS) is 10.4. The molecule has 0 aliphatic heterocycles. The first-order valence-electron chi connectivity index (χ1n) is 6.67. The Hall–Kier alpha value is -1.81. The van der Waals surface area contributed by atoms with Gasteiger partial charge in [-0.15, -0.1) is 11.3 Å². The van der Waals surface area contributed by atoms with E-state index >= 15 is 0 Å². The van der Waals surface area contributed by atoms with E-state index in [0.717, 1.165) is 24.1 Å². The van der Waals surface area contributed by atoms with Gasteiger partial charge < -0.3 is 9.84 Å². The Morgan fingerprint density at radius 1 is 1.25 bits per heavy atom. The molecule has 2 rings (SSSR count). The number of rotatable bonds is 7. The Bertz CT molecular complexity index is 560. The Morgan fingerprint density at radius 2 is 2.00 bits per heavy atom. The monoisotopic (exact) mass is 290 g/mol. The van der Waals surface area contributed by atoms with Crippen LogP contribution >= 0.6 is 11.3 Å². The summed E-state index contributed by atoms with van der Waals surface area (Å²) in [5.41, 5.74) is 1.32. The molecule has 4 heteroatoms. The minimum atomic E-state index is -0.914. The summed E-state index contributed by atoms with van der Waals surface area (Å²) in [6.45, 7) is 2.45. The molecule has 3 nitrogen and oxygen atoms in total. The number of aromatic carboxylic acids is 1. The van der Waals surface area contributed by atoms with Gasteiger partial charge in [0.15, 0.2) is 4.88 Å². The zero-order valence-corrected chi connectivity index (χ0v) is 12.3. The van der Waals surface area contributed by atoms with E-state index in [2.05, 4.69) is 12.1 Å². The van der Waals surface area contributed by atoms with E-state index in [4.69, 9.17) is 9.84 Å². The average molecular weight is 290 g/mol. The summed E-state index contributed by atoms with van der Waals surface area (Å²) in [6, 6.07) is 12.1. The van der Waals surface area contributed by atoms with Gasteiger partial charge in [-0.1, -0.05) is 30.3 Å². The summed E-state index contributed by atoms with van der Waals surface area (Å²) >= 11 is 1.26. The molecule has 1 aromatic carbocycles. The molecule has 0 spiro atoms. The van der Waals surface area contributed by atoms with Gasteiger partial charge in [-0.3, -0.25) is 0 Å². The molecule has 2 aromatic rings. The number of aryl methyl sites for hydroxylation is 2. The van der Waals surface area contributed by atoms with Gasteiger partial charge in [0.25, 0.3) is 0 Å². The molecule has 106 valence electrons. The van der Waals surface area contributed by atoms with Crippen LogP contribution in [-0.2, 0) is 6.42 Å². The minimum absolute atomic E-state index is 0.297. The lowest BCUT2D eigenvalue weighted by molar-refractivity contribution is 0.0698. The number of hydrogen-bond donors (Lipinski definition) is 1. The van der Waals surface area contributed by atoms with Crippen molar-refractivity contribution in [2.24, 2.45) is 0 Å². The molecule has 0 amide bonds. The predicted molar refractivity (Wildman–Crippen MR) is 80.9 cm³/mol. The first-order valence-corrected chi connectivity index (χ1v) is 7.49. The molecule has 1 aromatic heterocycles. The van der Waals surface area contributed by atoms with E-state index in [-0.39, 0.29) is 0 Å². The number of thiophene rings is 1. The number of hydrogen-bond acceptors (Lipinski definition) is 3. The Morgan fingerprint density at radius 3 is 2.70 bits per heavy atom. The van der Waals surface area contributed by atoms with Crippen LogP contribution in [-0.4, -0.2) is 17.7 Å². The molecular weight excluding hydrogens is 272 g/mol. The molecule has 0 radical (unpaired) electrons. The molecule has 20 heavy (non-hydrogen) atoms. The van der Waals surface area contributed by atoms with Crippen LogP contribution in [0.1, 0.15) is 33.0 Å². The van der Waals surface area contributed by atoms with Crippen molar-refractivity contribution in [1.29, 1.82) is 0 Å². The third kappa shape index (κ3) is 4.10. The van der Waals surface area contributed by atoms with Gasteiger partial charge in [0.05, 0.1) is 6.61 Å². The average Bonchev–Trinajstić information content (AvgIpc) is 2.81. The quantitative estimate of drug-likeness (QED) is 0.779. The van der Waals surface area contributed by atoms with Crippen LogP contribution in [0.4, 0.5) is 0 Å². The molecule has 0 saturated heterocycles. The zero-order valence-electron chi connectivity index (χ0n) is 11.5. The van der Waals surface area contributed by atoms with E-state index in [1.54, 1.807) is 6.07 Å². The fraction of sp³-hybridized carbons (Fsp3) is 0.312.